The average Bonchev–Trinajstić information content (AvgIpc) is 2.54. The molecule has 0 radical (unpaired) electrons. The highest BCUT2D eigenvalue weighted by Gasteiger charge is 2.18. The zero-order chi connectivity index (χ0) is 15.8. The van der Waals surface area contributed by atoms with Crippen LogP contribution in [0, 0.1) is 11.8 Å². The number of benzene rings is 2. The molecule has 0 aliphatic carbocycles. The van der Waals surface area contributed by atoms with Gasteiger partial charge in [0.05, 0.1) is 6.61 Å². The highest BCUT2D eigenvalue weighted by atomic mass is 32.1. The van der Waals surface area contributed by atoms with Gasteiger partial charge >= 0.3 is 0 Å². The van der Waals surface area contributed by atoms with Gasteiger partial charge in [0.25, 0.3) is 0 Å². The van der Waals surface area contributed by atoms with Gasteiger partial charge in [0.15, 0.2) is 5.05 Å². The molecule has 0 fully saturated rings. The van der Waals surface area contributed by atoms with Crippen LogP contribution in [0.2, 0.25) is 0 Å². The van der Waals surface area contributed by atoms with Crippen LogP contribution in [0.1, 0.15) is 25.0 Å². The molecular formula is C20H24OS. The molecule has 0 saturated heterocycles. The van der Waals surface area contributed by atoms with Gasteiger partial charge in [0.2, 0.25) is 0 Å². The van der Waals surface area contributed by atoms with Crippen molar-refractivity contribution in [2.45, 2.75) is 26.7 Å². The van der Waals surface area contributed by atoms with Crippen molar-refractivity contribution in [3.05, 3.63) is 71.8 Å². The number of thiocarbonyl (C=S) groups is 1. The first-order chi connectivity index (χ1) is 10.6. The van der Waals surface area contributed by atoms with Gasteiger partial charge in [-0.2, -0.15) is 0 Å². The fraction of sp³-hybridized carbons (Fsp3) is 0.350. The van der Waals surface area contributed by atoms with Gasteiger partial charge in [0, 0.05) is 5.92 Å². The highest BCUT2D eigenvalue weighted by Crippen LogP contribution is 2.18. The Morgan fingerprint density at radius 2 is 1.32 bits per heavy atom. The maximum atomic E-state index is 5.84. The lowest BCUT2D eigenvalue weighted by molar-refractivity contribution is 0.247. The lowest BCUT2D eigenvalue weighted by Crippen LogP contribution is -2.22. The Kier molecular flexibility index (Phi) is 6.60. The number of hydrogen-bond donors (Lipinski definition) is 0. The van der Waals surface area contributed by atoms with Gasteiger partial charge in [-0.1, -0.05) is 74.5 Å². The van der Waals surface area contributed by atoms with Crippen LogP contribution in [0.5, 0.6) is 0 Å². The summed E-state index contributed by atoms with van der Waals surface area (Å²) in [5.41, 5.74) is 2.61. The topological polar surface area (TPSA) is 9.23 Å². The largest absolute Gasteiger partial charge is 0.486 e. The normalized spacial score (nSPS) is 10.9. The molecule has 2 aromatic carbocycles. The van der Waals surface area contributed by atoms with E-state index in [-0.39, 0.29) is 5.92 Å². The first-order valence-electron chi connectivity index (χ1n) is 7.89. The minimum absolute atomic E-state index is 0.235. The van der Waals surface area contributed by atoms with Crippen molar-refractivity contribution in [3.63, 3.8) is 0 Å². The van der Waals surface area contributed by atoms with E-state index in [0.29, 0.717) is 12.5 Å². The number of rotatable bonds is 7. The zero-order valence-electron chi connectivity index (χ0n) is 13.4. The summed E-state index contributed by atoms with van der Waals surface area (Å²) in [6.07, 6.45) is 1.85. The summed E-state index contributed by atoms with van der Waals surface area (Å²) in [7, 11) is 0. The Balaban J connectivity index is 2.07. The molecule has 0 saturated carbocycles. The molecule has 0 N–H and O–H groups in total. The third kappa shape index (κ3) is 5.61. The van der Waals surface area contributed by atoms with Crippen LogP contribution in [-0.2, 0) is 17.6 Å². The lowest BCUT2D eigenvalue weighted by atomic mass is 9.93. The Morgan fingerprint density at radius 1 is 0.864 bits per heavy atom. The first-order valence-corrected chi connectivity index (χ1v) is 8.30. The van der Waals surface area contributed by atoms with Gasteiger partial charge in [-0.05, 0) is 42.1 Å². The Morgan fingerprint density at radius 3 is 1.73 bits per heavy atom. The summed E-state index contributed by atoms with van der Waals surface area (Å²) < 4.78 is 5.84. The van der Waals surface area contributed by atoms with Crippen molar-refractivity contribution >= 4 is 17.3 Å². The molecule has 0 aromatic heterocycles. The quantitative estimate of drug-likeness (QED) is 0.659. The molecular weight excluding hydrogens is 288 g/mol. The average molecular weight is 312 g/mol. The summed E-state index contributed by atoms with van der Waals surface area (Å²) in [5, 5.41) is 0.737. The van der Waals surface area contributed by atoms with E-state index in [1.165, 1.54) is 11.1 Å². The van der Waals surface area contributed by atoms with Crippen LogP contribution in [0.3, 0.4) is 0 Å². The predicted molar refractivity (Wildman–Crippen MR) is 97.2 cm³/mol. The second-order valence-electron chi connectivity index (χ2n) is 6.10. The molecule has 0 amide bonds. The van der Waals surface area contributed by atoms with E-state index in [0.717, 1.165) is 17.9 Å². The monoisotopic (exact) mass is 312 g/mol. The van der Waals surface area contributed by atoms with Crippen molar-refractivity contribution in [1.29, 1.82) is 0 Å². The Labute approximate surface area is 139 Å². The maximum Gasteiger partial charge on any atom is 0.163 e. The molecule has 0 spiro atoms. The van der Waals surface area contributed by atoms with E-state index in [2.05, 4.69) is 62.4 Å². The highest BCUT2D eigenvalue weighted by molar-refractivity contribution is 7.80. The Hall–Kier alpha value is -1.67. The first kappa shape index (κ1) is 16.7. The second-order valence-corrected chi connectivity index (χ2v) is 6.50. The van der Waals surface area contributed by atoms with Crippen LogP contribution in [0.25, 0.3) is 0 Å². The molecule has 0 heterocycles. The molecule has 0 unspecified atom stereocenters. The van der Waals surface area contributed by atoms with E-state index in [1.54, 1.807) is 0 Å². The van der Waals surface area contributed by atoms with Crippen molar-refractivity contribution in [1.82, 2.24) is 0 Å². The Bertz CT molecular complexity index is 521. The van der Waals surface area contributed by atoms with E-state index in [9.17, 15) is 0 Å². The van der Waals surface area contributed by atoms with Crippen LogP contribution in [0.4, 0.5) is 0 Å². The van der Waals surface area contributed by atoms with Gasteiger partial charge in [-0.3, -0.25) is 0 Å². The lowest BCUT2D eigenvalue weighted by Gasteiger charge is -2.20. The minimum Gasteiger partial charge on any atom is -0.486 e. The molecule has 2 aromatic rings. The van der Waals surface area contributed by atoms with Crippen LogP contribution < -0.4 is 0 Å². The molecule has 0 aliphatic rings. The third-order valence-electron chi connectivity index (χ3n) is 3.54. The van der Waals surface area contributed by atoms with Crippen LogP contribution in [-0.4, -0.2) is 11.7 Å². The summed E-state index contributed by atoms with van der Waals surface area (Å²) in [4.78, 5) is 0. The smallest absolute Gasteiger partial charge is 0.163 e. The molecule has 1 nitrogen and oxygen atoms in total. The second kappa shape index (κ2) is 8.70. The van der Waals surface area contributed by atoms with E-state index < -0.39 is 0 Å². The van der Waals surface area contributed by atoms with Crippen LogP contribution >= 0.6 is 12.2 Å². The van der Waals surface area contributed by atoms with Gasteiger partial charge in [0.1, 0.15) is 0 Å². The van der Waals surface area contributed by atoms with Crippen molar-refractivity contribution in [2.24, 2.45) is 11.8 Å². The maximum absolute atomic E-state index is 5.84. The molecule has 116 valence electrons. The van der Waals surface area contributed by atoms with Crippen LogP contribution in [0.15, 0.2) is 60.7 Å². The van der Waals surface area contributed by atoms with Crippen molar-refractivity contribution < 1.29 is 4.74 Å². The molecule has 0 bridgehead atoms. The molecule has 2 rings (SSSR count). The summed E-state index contributed by atoms with van der Waals surface area (Å²) in [6.45, 7) is 4.98. The number of ether oxygens (including phenoxy) is 1. The standard InChI is InChI=1S/C20H24OS/c1-16(2)15-21-20(22)19(13-17-9-5-3-6-10-17)14-18-11-7-4-8-12-18/h3-12,16,19H,13-15H2,1-2H3. The van der Waals surface area contributed by atoms with E-state index >= 15 is 0 Å². The third-order valence-corrected chi connectivity index (χ3v) is 3.99. The van der Waals surface area contributed by atoms with Crippen molar-refractivity contribution in [3.8, 4) is 0 Å². The fourth-order valence-corrected chi connectivity index (χ4v) is 2.64. The van der Waals surface area contributed by atoms with Gasteiger partial charge in [-0.15, -0.1) is 0 Å². The van der Waals surface area contributed by atoms with E-state index in [1.807, 2.05) is 12.1 Å². The number of hydrogen-bond acceptors (Lipinski definition) is 2. The molecule has 0 aliphatic heterocycles. The minimum atomic E-state index is 0.235. The molecule has 0 atom stereocenters. The summed E-state index contributed by atoms with van der Waals surface area (Å²) >= 11 is 5.57. The predicted octanol–water partition coefficient (Wildman–Crippen LogP) is 5.09. The zero-order valence-corrected chi connectivity index (χ0v) is 14.2. The van der Waals surface area contributed by atoms with Crippen molar-refractivity contribution in [2.75, 3.05) is 6.61 Å². The molecule has 22 heavy (non-hydrogen) atoms. The summed E-state index contributed by atoms with van der Waals surface area (Å²) in [6, 6.07) is 21.0. The van der Waals surface area contributed by atoms with E-state index in [4.69, 9.17) is 17.0 Å². The fourth-order valence-electron chi connectivity index (χ4n) is 2.40. The van der Waals surface area contributed by atoms with Gasteiger partial charge in [-0.25, -0.2) is 0 Å². The van der Waals surface area contributed by atoms with Gasteiger partial charge < -0.3 is 4.74 Å². The summed E-state index contributed by atoms with van der Waals surface area (Å²) in [5.74, 6) is 0.727. The molecule has 2 heteroatoms. The SMILES string of the molecule is CC(C)COC(=S)C(Cc1ccccc1)Cc1ccccc1.